The molecule has 1 amide bonds. The summed E-state index contributed by atoms with van der Waals surface area (Å²) in [6.45, 7) is 4.94. The van der Waals surface area contributed by atoms with E-state index in [-0.39, 0.29) is 5.41 Å². The fraction of sp³-hybridized carbons (Fsp3) is 0.909. The molecule has 0 bridgehead atoms. The number of carbonyl (C=O) groups excluding carboxylic acids is 1. The van der Waals surface area contributed by atoms with Gasteiger partial charge in [-0.25, -0.2) is 0 Å². The van der Waals surface area contributed by atoms with E-state index in [1.807, 2.05) is 19.0 Å². The van der Waals surface area contributed by atoms with E-state index in [1.165, 1.54) is 6.42 Å². The Balaban J connectivity index is 2.65. The fourth-order valence-electron chi connectivity index (χ4n) is 2.02. The van der Waals surface area contributed by atoms with Crippen molar-refractivity contribution in [3.05, 3.63) is 0 Å². The summed E-state index contributed by atoms with van der Waals surface area (Å²) in [6, 6.07) is 0.303. The Bertz CT molecular complexity index is 209. The molecule has 0 aromatic heterocycles. The van der Waals surface area contributed by atoms with Crippen LogP contribution < -0.4 is 5.32 Å². The average molecular weight is 198 g/mol. The number of hydrogen-bond donors (Lipinski definition) is 1. The van der Waals surface area contributed by atoms with E-state index in [1.54, 1.807) is 0 Å². The summed E-state index contributed by atoms with van der Waals surface area (Å²) < 4.78 is 0. The third-order valence-electron chi connectivity index (χ3n) is 3.37. The second-order valence-corrected chi connectivity index (χ2v) is 4.67. The summed E-state index contributed by atoms with van der Waals surface area (Å²) in [5.74, 6) is 0.313. The van der Waals surface area contributed by atoms with E-state index in [9.17, 15) is 4.79 Å². The molecule has 3 nitrogen and oxygen atoms in total. The van der Waals surface area contributed by atoms with Gasteiger partial charge in [-0.05, 0) is 33.7 Å². The van der Waals surface area contributed by atoms with Gasteiger partial charge in [-0.1, -0.05) is 6.42 Å². The summed E-state index contributed by atoms with van der Waals surface area (Å²) in [5.41, 5.74) is -0.0895. The second-order valence-electron chi connectivity index (χ2n) is 4.67. The minimum atomic E-state index is -0.0895. The third-order valence-corrected chi connectivity index (χ3v) is 3.37. The highest BCUT2D eigenvalue weighted by molar-refractivity contribution is 5.84. The van der Waals surface area contributed by atoms with Crippen molar-refractivity contribution in [3.8, 4) is 0 Å². The first-order chi connectivity index (χ1) is 6.53. The maximum Gasteiger partial charge on any atom is 0.230 e. The molecule has 1 aliphatic rings. The van der Waals surface area contributed by atoms with Crippen LogP contribution in [0.4, 0.5) is 0 Å². The van der Waals surface area contributed by atoms with Crippen LogP contribution in [0.1, 0.15) is 33.1 Å². The molecule has 0 spiro atoms. The zero-order chi connectivity index (χ0) is 10.8. The zero-order valence-corrected chi connectivity index (χ0v) is 9.76. The maximum atomic E-state index is 12.2. The Morgan fingerprint density at radius 1 is 1.50 bits per heavy atom. The molecule has 1 N–H and O–H groups in total. The molecule has 0 aromatic rings. The van der Waals surface area contributed by atoms with Crippen molar-refractivity contribution in [2.75, 3.05) is 20.6 Å². The van der Waals surface area contributed by atoms with Crippen LogP contribution in [-0.4, -0.2) is 37.5 Å². The summed E-state index contributed by atoms with van der Waals surface area (Å²) in [6.07, 6.45) is 3.28. The smallest absolute Gasteiger partial charge is 0.230 e. The van der Waals surface area contributed by atoms with Crippen molar-refractivity contribution in [2.24, 2.45) is 5.41 Å². The molecule has 1 fully saturated rings. The molecule has 1 rings (SSSR count). The Labute approximate surface area is 86.9 Å². The molecule has 82 valence electrons. The fourth-order valence-corrected chi connectivity index (χ4v) is 2.02. The lowest BCUT2D eigenvalue weighted by Gasteiger charge is -2.43. The first kappa shape index (κ1) is 11.5. The van der Waals surface area contributed by atoms with Crippen molar-refractivity contribution < 1.29 is 4.79 Å². The lowest BCUT2D eigenvalue weighted by molar-refractivity contribution is -0.147. The molecular weight excluding hydrogens is 176 g/mol. The molecule has 0 heterocycles. The predicted octanol–water partition coefficient (Wildman–Crippen LogP) is 1.24. The second kappa shape index (κ2) is 4.30. The number of amides is 1. The highest BCUT2D eigenvalue weighted by atomic mass is 16.2. The molecule has 0 saturated heterocycles. The lowest BCUT2D eigenvalue weighted by atomic mass is 9.67. The van der Waals surface area contributed by atoms with E-state index in [2.05, 4.69) is 19.2 Å². The van der Waals surface area contributed by atoms with Crippen molar-refractivity contribution >= 4 is 5.91 Å². The number of nitrogens with zero attached hydrogens (tertiary/aromatic N) is 1. The Kier molecular flexibility index (Phi) is 3.53. The Hall–Kier alpha value is -0.570. The average Bonchev–Trinajstić information content (AvgIpc) is 2.08. The normalized spacial score (nSPS) is 19.2. The van der Waals surface area contributed by atoms with Gasteiger partial charge in [0.1, 0.15) is 0 Å². The summed E-state index contributed by atoms with van der Waals surface area (Å²) in [5, 5.41) is 3.14. The van der Waals surface area contributed by atoms with Gasteiger partial charge >= 0.3 is 0 Å². The van der Waals surface area contributed by atoms with Gasteiger partial charge in [0.25, 0.3) is 0 Å². The van der Waals surface area contributed by atoms with Crippen LogP contribution in [0.5, 0.6) is 0 Å². The van der Waals surface area contributed by atoms with Gasteiger partial charge in [0.15, 0.2) is 0 Å². The topological polar surface area (TPSA) is 32.3 Å². The van der Waals surface area contributed by atoms with Crippen LogP contribution in [0.3, 0.4) is 0 Å². The van der Waals surface area contributed by atoms with Gasteiger partial charge in [-0.2, -0.15) is 0 Å². The standard InChI is InChI=1S/C11H22N2O/c1-9(2)13(4)10(14)11(8-12-3)6-5-7-11/h9,12H,5-8H2,1-4H3. The number of carbonyl (C=O) groups is 1. The van der Waals surface area contributed by atoms with Gasteiger partial charge < -0.3 is 10.2 Å². The molecule has 1 aliphatic carbocycles. The quantitative estimate of drug-likeness (QED) is 0.737. The van der Waals surface area contributed by atoms with E-state index >= 15 is 0 Å². The van der Waals surface area contributed by atoms with Crippen LogP contribution >= 0.6 is 0 Å². The van der Waals surface area contributed by atoms with E-state index in [0.29, 0.717) is 11.9 Å². The van der Waals surface area contributed by atoms with Crippen LogP contribution in [0.2, 0.25) is 0 Å². The van der Waals surface area contributed by atoms with E-state index in [0.717, 1.165) is 19.4 Å². The van der Waals surface area contributed by atoms with Crippen molar-refractivity contribution in [1.82, 2.24) is 10.2 Å². The van der Waals surface area contributed by atoms with E-state index in [4.69, 9.17) is 0 Å². The molecule has 0 aromatic carbocycles. The van der Waals surface area contributed by atoms with Crippen molar-refractivity contribution in [1.29, 1.82) is 0 Å². The third kappa shape index (κ3) is 1.92. The van der Waals surface area contributed by atoms with Crippen LogP contribution in [0.15, 0.2) is 0 Å². The molecule has 3 heteroatoms. The summed E-state index contributed by atoms with van der Waals surface area (Å²) in [7, 11) is 3.82. The highest BCUT2D eigenvalue weighted by Crippen LogP contribution is 2.41. The Morgan fingerprint density at radius 3 is 2.36 bits per heavy atom. The first-order valence-corrected chi connectivity index (χ1v) is 5.45. The van der Waals surface area contributed by atoms with Gasteiger partial charge in [-0.15, -0.1) is 0 Å². The van der Waals surface area contributed by atoms with Crippen molar-refractivity contribution in [2.45, 2.75) is 39.2 Å². The molecule has 0 unspecified atom stereocenters. The van der Waals surface area contributed by atoms with Gasteiger partial charge in [0.05, 0.1) is 5.41 Å². The first-order valence-electron chi connectivity index (χ1n) is 5.45. The van der Waals surface area contributed by atoms with Gasteiger partial charge in [0, 0.05) is 19.6 Å². The summed E-state index contributed by atoms with van der Waals surface area (Å²) in [4.78, 5) is 14.0. The lowest BCUT2D eigenvalue weighted by Crippen LogP contribution is -2.52. The maximum absolute atomic E-state index is 12.2. The molecule has 0 aliphatic heterocycles. The predicted molar refractivity (Wildman–Crippen MR) is 58.1 cm³/mol. The number of rotatable bonds is 4. The van der Waals surface area contributed by atoms with Crippen LogP contribution in [0, 0.1) is 5.41 Å². The molecule has 0 atom stereocenters. The van der Waals surface area contributed by atoms with Gasteiger partial charge in [0.2, 0.25) is 5.91 Å². The minimum Gasteiger partial charge on any atom is -0.343 e. The minimum absolute atomic E-state index is 0.0895. The SMILES string of the molecule is CNCC1(C(=O)N(C)C(C)C)CCC1. The molecule has 0 radical (unpaired) electrons. The van der Waals surface area contributed by atoms with Gasteiger partial charge in [-0.3, -0.25) is 4.79 Å². The molecular formula is C11H22N2O. The van der Waals surface area contributed by atoms with E-state index < -0.39 is 0 Å². The van der Waals surface area contributed by atoms with Crippen LogP contribution in [-0.2, 0) is 4.79 Å². The molecule has 1 saturated carbocycles. The van der Waals surface area contributed by atoms with Crippen LogP contribution in [0.25, 0.3) is 0 Å². The highest BCUT2D eigenvalue weighted by Gasteiger charge is 2.45. The molecule has 14 heavy (non-hydrogen) atoms. The Morgan fingerprint density at radius 2 is 2.07 bits per heavy atom. The number of nitrogens with one attached hydrogen (secondary N) is 1. The zero-order valence-electron chi connectivity index (χ0n) is 9.76. The van der Waals surface area contributed by atoms with Crippen molar-refractivity contribution in [3.63, 3.8) is 0 Å². The largest absolute Gasteiger partial charge is 0.343 e. The number of hydrogen-bond acceptors (Lipinski definition) is 2. The summed E-state index contributed by atoms with van der Waals surface area (Å²) >= 11 is 0. The monoisotopic (exact) mass is 198 g/mol.